The molecule has 0 unspecified atom stereocenters. The minimum atomic E-state index is -4.75. The van der Waals surface area contributed by atoms with Gasteiger partial charge in [0.1, 0.15) is 23.7 Å². The van der Waals surface area contributed by atoms with Gasteiger partial charge in [-0.3, -0.25) is 5.32 Å². The number of nitrogens with zero attached hydrogens (tertiary/aromatic N) is 4. The number of ether oxygens (including phenoxy) is 1. The van der Waals surface area contributed by atoms with E-state index in [-0.39, 0.29) is 41.7 Å². The first-order valence-electron chi connectivity index (χ1n) is 8.66. The van der Waals surface area contributed by atoms with Crippen LogP contribution in [0.25, 0.3) is 11.4 Å². The predicted octanol–water partition coefficient (Wildman–Crippen LogP) is 3.00. The molecule has 0 radical (unpaired) electrons. The molecule has 2 aliphatic rings. The second-order valence-corrected chi connectivity index (χ2v) is 7.01. The first-order chi connectivity index (χ1) is 13.9. The Balaban J connectivity index is 1.90. The number of β-amino-alcohol motifs (C(OH)–C–C–N with tert-alkyl or cyclic N) is 1. The van der Waals surface area contributed by atoms with E-state index in [2.05, 4.69) is 25.0 Å². The molecule has 1 saturated heterocycles. The van der Waals surface area contributed by atoms with Gasteiger partial charge in [-0.25, -0.2) is 28.5 Å². The molecule has 0 aliphatic carbocycles. The van der Waals surface area contributed by atoms with Crippen LogP contribution >= 0.6 is 0 Å². The number of fused-ring (bicyclic) bond motifs is 1. The number of carbonyl (C=O) groups is 1. The molecule has 4 heterocycles. The third kappa shape index (κ3) is 3.60. The Morgan fingerprint density at radius 2 is 1.90 bits per heavy atom. The maximum Gasteiger partial charge on any atom is 0.416 e. The lowest BCUT2D eigenvalue weighted by Crippen LogP contribution is -2.51. The van der Waals surface area contributed by atoms with Gasteiger partial charge in [0.15, 0.2) is 6.10 Å². The summed E-state index contributed by atoms with van der Waals surface area (Å²) in [6, 6.07) is 1.47. The summed E-state index contributed by atoms with van der Waals surface area (Å²) in [7, 11) is 0. The Morgan fingerprint density at radius 3 is 2.50 bits per heavy atom. The Hall–Kier alpha value is -3.09. The number of aromatic nitrogens is 3. The molecule has 0 aromatic carbocycles. The molecule has 8 nitrogen and oxygen atoms in total. The highest BCUT2D eigenvalue weighted by Gasteiger charge is 2.46. The van der Waals surface area contributed by atoms with Crippen LogP contribution in [-0.4, -0.2) is 51.3 Å². The second kappa shape index (κ2) is 6.72. The summed E-state index contributed by atoms with van der Waals surface area (Å²) in [4.78, 5) is 24.7. The van der Waals surface area contributed by atoms with Crippen LogP contribution in [-0.2, 0) is 10.9 Å². The predicted molar refractivity (Wildman–Crippen MR) is 92.0 cm³/mol. The van der Waals surface area contributed by atoms with Crippen LogP contribution < -0.4 is 10.2 Å². The highest BCUT2D eigenvalue weighted by molar-refractivity contribution is 5.88. The van der Waals surface area contributed by atoms with Crippen molar-refractivity contribution >= 4 is 17.7 Å². The summed E-state index contributed by atoms with van der Waals surface area (Å²) >= 11 is 0. The van der Waals surface area contributed by atoms with Crippen molar-refractivity contribution in [3.05, 3.63) is 29.6 Å². The minimum Gasteiger partial charge on any atom is -0.434 e. The summed E-state index contributed by atoms with van der Waals surface area (Å²) < 4.78 is 73.3. The fourth-order valence-electron chi connectivity index (χ4n) is 3.20. The van der Waals surface area contributed by atoms with E-state index in [1.165, 1.54) is 4.90 Å². The maximum atomic E-state index is 14.1. The topological polar surface area (TPSA) is 100 Å². The van der Waals surface area contributed by atoms with Crippen LogP contribution in [0.4, 0.5) is 38.4 Å². The second-order valence-electron chi connectivity index (χ2n) is 7.01. The number of hydrogen-bond acceptors (Lipinski definition) is 7. The third-order valence-corrected chi connectivity index (χ3v) is 4.62. The number of carbonyl (C=O) groups excluding carboxylic acids is 1. The van der Waals surface area contributed by atoms with Crippen molar-refractivity contribution in [2.45, 2.75) is 31.2 Å². The van der Waals surface area contributed by atoms with E-state index >= 15 is 0 Å². The van der Waals surface area contributed by atoms with Gasteiger partial charge in [-0.15, -0.1) is 0 Å². The summed E-state index contributed by atoms with van der Waals surface area (Å²) in [5.74, 6) is -3.97. The molecular weight excluding hydrogens is 417 g/mol. The first kappa shape index (κ1) is 20.2. The summed E-state index contributed by atoms with van der Waals surface area (Å²) in [6.45, 7) is 0.651. The summed E-state index contributed by atoms with van der Waals surface area (Å²) in [6.07, 6.45) is -7.83. The number of pyridine rings is 1. The molecule has 2 aliphatic heterocycles. The molecule has 0 spiro atoms. The van der Waals surface area contributed by atoms with E-state index in [0.29, 0.717) is 13.0 Å². The number of aliphatic hydroxyl groups excluding tert-OH is 1. The molecule has 1 atom stereocenters. The van der Waals surface area contributed by atoms with Crippen LogP contribution in [0.3, 0.4) is 0 Å². The van der Waals surface area contributed by atoms with Gasteiger partial charge in [0, 0.05) is 20.0 Å². The number of nitrogens with one attached hydrogen (secondary N) is 1. The highest BCUT2D eigenvalue weighted by atomic mass is 19.4. The van der Waals surface area contributed by atoms with Crippen LogP contribution in [0.1, 0.15) is 24.2 Å². The Bertz CT molecular complexity index is 1000. The van der Waals surface area contributed by atoms with E-state index in [9.17, 15) is 31.9 Å². The van der Waals surface area contributed by atoms with Crippen molar-refractivity contribution in [2.75, 3.05) is 23.3 Å². The SMILES string of the molecule is CC(F)(F)[C@@H]1OC(=O)Nc2ncnc(-c3cc(C(F)(F)F)cc(N4CC(O)C4)n3)c21. The molecule has 13 heteroatoms. The van der Waals surface area contributed by atoms with Crippen molar-refractivity contribution in [3.63, 3.8) is 0 Å². The van der Waals surface area contributed by atoms with Crippen molar-refractivity contribution in [1.29, 1.82) is 0 Å². The summed E-state index contributed by atoms with van der Waals surface area (Å²) in [5.41, 5.74) is -2.14. The molecule has 0 saturated carbocycles. The zero-order valence-electron chi connectivity index (χ0n) is 15.2. The van der Waals surface area contributed by atoms with E-state index < -0.39 is 36.0 Å². The Morgan fingerprint density at radius 1 is 1.20 bits per heavy atom. The lowest BCUT2D eigenvalue weighted by Gasteiger charge is -2.37. The molecular formula is C17H14F5N5O3. The molecule has 2 aromatic rings. The van der Waals surface area contributed by atoms with Gasteiger partial charge in [-0.1, -0.05) is 0 Å². The van der Waals surface area contributed by atoms with Gasteiger partial charge in [0.2, 0.25) is 0 Å². The fourth-order valence-corrected chi connectivity index (χ4v) is 3.20. The van der Waals surface area contributed by atoms with Crippen LogP contribution in [0.2, 0.25) is 0 Å². The highest BCUT2D eigenvalue weighted by Crippen LogP contribution is 2.44. The first-order valence-corrected chi connectivity index (χ1v) is 8.66. The number of halogens is 5. The molecule has 1 fully saturated rings. The van der Waals surface area contributed by atoms with Gasteiger partial charge in [0.25, 0.3) is 5.92 Å². The molecule has 30 heavy (non-hydrogen) atoms. The zero-order chi connectivity index (χ0) is 21.8. The average Bonchev–Trinajstić information content (AvgIpc) is 2.62. The van der Waals surface area contributed by atoms with E-state index in [1.54, 1.807) is 0 Å². The van der Waals surface area contributed by atoms with Crippen molar-refractivity contribution < 1.29 is 36.6 Å². The van der Waals surface area contributed by atoms with Crippen LogP contribution in [0.5, 0.6) is 0 Å². The Labute approximate surface area is 165 Å². The normalized spacial score (nSPS) is 19.6. The quantitative estimate of drug-likeness (QED) is 0.721. The van der Waals surface area contributed by atoms with E-state index in [0.717, 1.165) is 12.4 Å². The molecule has 2 N–H and O–H groups in total. The van der Waals surface area contributed by atoms with Gasteiger partial charge < -0.3 is 14.7 Å². The molecule has 0 bridgehead atoms. The monoisotopic (exact) mass is 431 g/mol. The Kier molecular flexibility index (Phi) is 4.52. The van der Waals surface area contributed by atoms with Gasteiger partial charge in [-0.2, -0.15) is 13.2 Å². The number of alkyl halides is 5. The smallest absolute Gasteiger partial charge is 0.416 e. The number of cyclic esters (lactones) is 1. The van der Waals surface area contributed by atoms with Crippen molar-refractivity contribution in [1.82, 2.24) is 15.0 Å². The van der Waals surface area contributed by atoms with Gasteiger partial charge >= 0.3 is 12.3 Å². The number of anilines is 2. The lowest BCUT2D eigenvalue weighted by molar-refractivity contribution is -0.137. The standard InChI is InChI=1S/C17H14F5N5O3/c1-16(18,19)13-11-12(23-6-24-14(11)26-15(29)30-13)9-2-7(17(20,21)22)3-10(25-9)27-4-8(28)5-27/h2-3,6,8,13,28H,4-5H2,1H3,(H,23,24,26,29)/t13-/m1/s1. The molecule has 1 amide bonds. The van der Waals surface area contributed by atoms with Crippen LogP contribution in [0, 0.1) is 0 Å². The van der Waals surface area contributed by atoms with Gasteiger partial charge in [0.05, 0.1) is 22.9 Å². The average molecular weight is 431 g/mol. The lowest BCUT2D eigenvalue weighted by atomic mass is 9.99. The zero-order valence-corrected chi connectivity index (χ0v) is 15.2. The number of amides is 1. The molecule has 160 valence electrons. The van der Waals surface area contributed by atoms with Crippen LogP contribution in [0.15, 0.2) is 18.5 Å². The molecule has 2 aromatic heterocycles. The molecule has 4 rings (SSSR count). The number of rotatable bonds is 3. The fraction of sp³-hybridized carbons (Fsp3) is 0.412. The van der Waals surface area contributed by atoms with Crippen molar-refractivity contribution in [3.8, 4) is 11.4 Å². The van der Waals surface area contributed by atoms with Crippen molar-refractivity contribution in [2.24, 2.45) is 0 Å². The maximum absolute atomic E-state index is 14.1. The van der Waals surface area contributed by atoms with E-state index in [4.69, 9.17) is 0 Å². The largest absolute Gasteiger partial charge is 0.434 e. The summed E-state index contributed by atoms with van der Waals surface area (Å²) in [5, 5.41) is 11.6. The van der Waals surface area contributed by atoms with Gasteiger partial charge in [-0.05, 0) is 12.1 Å². The minimum absolute atomic E-state index is 0.0739. The number of aliphatic hydroxyl groups is 1. The third-order valence-electron chi connectivity index (χ3n) is 4.62. The van der Waals surface area contributed by atoms with E-state index in [1.807, 2.05) is 0 Å². The number of hydrogen-bond donors (Lipinski definition) is 2.